The Hall–Kier alpha value is -1.35. The molecule has 19 heavy (non-hydrogen) atoms. The van der Waals surface area contributed by atoms with Gasteiger partial charge in [-0.15, -0.1) is 0 Å². The van der Waals surface area contributed by atoms with Gasteiger partial charge in [-0.05, 0) is 30.9 Å². The van der Waals surface area contributed by atoms with Crippen molar-refractivity contribution < 1.29 is 9.90 Å². The lowest BCUT2D eigenvalue weighted by molar-refractivity contribution is 0.0260. The standard InChI is InChI=1S/C16H21NO2/c1-17-11-12(10-16(19)8-4-5-9-16)13-6-2-3-7-14(13)15(17)18/h2-3,6-7,12,19H,4-5,8-11H2,1H3. The summed E-state index contributed by atoms with van der Waals surface area (Å²) in [6.07, 6.45) is 4.84. The zero-order valence-electron chi connectivity index (χ0n) is 11.4. The van der Waals surface area contributed by atoms with Crippen molar-refractivity contribution in [1.29, 1.82) is 0 Å². The summed E-state index contributed by atoms with van der Waals surface area (Å²) in [5.41, 5.74) is 1.41. The topological polar surface area (TPSA) is 40.5 Å². The summed E-state index contributed by atoms with van der Waals surface area (Å²) in [4.78, 5) is 13.9. The van der Waals surface area contributed by atoms with E-state index >= 15 is 0 Å². The van der Waals surface area contributed by atoms with E-state index in [1.54, 1.807) is 4.90 Å². The maximum atomic E-state index is 12.1. The molecule has 1 amide bonds. The van der Waals surface area contributed by atoms with Gasteiger partial charge >= 0.3 is 0 Å². The first kappa shape index (κ1) is 12.7. The van der Waals surface area contributed by atoms with Crippen LogP contribution in [-0.2, 0) is 0 Å². The lowest BCUT2D eigenvalue weighted by atomic mass is 9.80. The van der Waals surface area contributed by atoms with Crippen molar-refractivity contribution in [3.8, 4) is 0 Å². The number of aliphatic hydroxyl groups is 1. The third-order valence-electron chi connectivity index (χ3n) is 4.63. The van der Waals surface area contributed by atoms with E-state index < -0.39 is 5.60 Å². The Morgan fingerprint density at radius 3 is 2.74 bits per heavy atom. The molecule has 1 aromatic rings. The van der Waals surface area contributed by atoms with Crippen LogP contribution < -0.4 is 0 Å². The van der Waals surface area contributed by atoms with Crippen LogP contribution in [0.4, 0.5) is 0 Å². The lowest BCUT2D eigenvalue weighted by Gasteiger charge is -2.35. The van der Waals surface area contributed by atoms with Crippen molar-refractivity contribution in [1.82, 2.24) is 4.90 Å². The first-order chi connectivity index (χ1) is 9.09. The molecule has 1 unspecified atom stereocenters. The molecule has 1 aromatic carbocycles. The Morgan fingerprint density at radius 2 is 2.00 bits per heavy atom. The van der Waals surface area contributed by atoms with Crippen molar-refractivity contribution in [2.45, 2.75) is 43.6 Å². The highest BCUT2D eigenvalue weighted by atomic mass is 16.3. The molecule has 3 heteroatoms. The van der Waals surface area contributed by atoms with Gasteiger partial charge in [0.25, 0.3) is 5.91 Å². The van der Waals surface area contributed by atoms with Gasteiger partial charge in [-0.3, -0.25) is 4.79 Å². The molecule has 1 saturated carbocycles. The zero-order valence-corrected chi connectivity index (χ0v) is 11.4. The first-order valence-electron chi connectivity index (χ1n) is 7.16. The Kier molecular flexibility index (Phi) is 3.09. The Balaban J connectivity index is 1.90. The van der Waals surface area contributed by atoms with Crippen molar-refractivity contribution in [2.75, 3.05) is 13.6 Å². The van der Waals surface area contributed by atoms with E-state index in [4.69, 9.17) is 0 Å². The molecule has 0 bridgehead atoms. The molecule has 1 heterocycles. The highest BCUT2D eigenvalue weighted by molar-refractivity contribution is 5.96. The number of rotatable bonds is 2. The van der Waals surface area contributed by atoms with E-state index in [9.17, 15) is 9.90 Å². The maximum Gasteiger partial charge on any atom is 0.253 e. The second-order valence-electron chi connectivity index (χ2n) is 6.11. The first-order valence-corrected chi connectivity index (χ1v) is 7.16. The molecule has 2 aliphatic rings. The number of amides is 1. The molecule has 0 spiro atoms. The van der Waals surface area contributed by atoms with Crippen molar-refractivity contribution in [3.05, 3.63) is 35.4 Å². The fraction of sp³-hybridized carbons (Fsp3) is 0.562. The van der Waals surface area contributed by atoms with Crippen LogP contribution in [0.3, 0.4) is 0 Å². The van der Waals surface area contributed by atoms with Crippen LogP contribution in [0.2, 0.25) is 0 Å². The fourth-order valence-electron chi connectivity index (χ4n) is 3.64. The predicted octanol–water partition coefficient (Wildman–Crippen LogP) is 2.55. The van der Waals surface area contributed by atoms with Gasteiger partial charge < -0.3 is 10.0 Å². The zero-order chi connectivity index (χ0) is 13.5. The van der Waals surface area contributed by atoms with E-state index in [1.165, 1.54) is 0 Å². The van der Waals surface area contributed by atoms with Gasteiger partial charge in [0.15, 0.2) is 0 Å². The molecule has 1 aliphatic heterocycles. The molecule has 0 radical (unpaired) electrons. The smallest absolute Gasteiger partial charge is 0.253 e. The molecule has 0 aromatic heterocycles. The number of benzene rings is 1. The van der Waals surface area contributed by atoms with E-state index in [2.05, 4.69) is 0 Å². The molecule has 3 rings (SSSR count). The highest BCUT2D eigenvalue weighted by Crippen LogP contribution is 2.40. The molecule has 1 aliphatic carbocycles. The molecular weight excluding hydrogens is 238 g/mol. The molecule has 1 N–H and O–H groups in total. The minimum absolute atomic E-state index is 0.102. The van der Waals surface area contributed by atoms with E-state index in [1.807, 2.05) is 31.3 Å². The number of hydrogen-bond donors (Lipinski definition) is 1. The lowest BCUT2D eigenvalue weighted by Crippen LogP contribution is -2.40. The SMILES string of the molecule is CN1CC(CC2(O)CCCC2)c2ccccc2C1=O. The quantitative estimate of drug-likeness (QED) is 0.886. The Bertz CT molecular complexity index is 491. The monoisotopic (exact) mass is 259 g/mol. The van der Waals surface area contributed by atoms with Gasteiger partial charge in [0.05, 0.1) is 5.60 Å². The Morgan fingerprint density at radius 1 is 1.32 bits per heavy atom. The summed E-state index contributed by atoms with van der Waals surface area (Å²) in [7, 11) is 1.85. The summed E-state index contributed by atoms with van der Waals surface area (Å²) < 4.78 is 0. The van der Waals surface area contributed by atoms with Crippen LogP contribution >= 0.6 is 0 Å². The maximum absolute atomic E-state index is 12.1. The second kappa shape index (κ2) is 4.64. The van der Waals surface area contributed by atoms with Crippen LogP contribution in [0.5, 0.6) is 0 Å². The largest absolute Gasteiger partial charge is 0.390 e. The van der Waals surface area contributed by atoms with E-state index in [0.717, 1.165) is 49.8 Å². The molecule has 1 fully saturated rings. The number of fused-ring (bicyclic) bond motifs is 1. The van der Waals surface area contributed by atoms with Crippen LogP contribution in [0.1, 0.15) is 53.9 Å². The molecule has 1 atom stereocenters. The van der Waals surface area contributed by atoms with Crippen LogP contribution in [-0.4, -0.2) is 35.1 Å². The van der Waals surface area contributed by atoms with Crippen molar-refractivity contribution in [2.24, 2.45) is 0 Å². The van der Waals surface area contributed by atoms with Gasteiger partial charge in [-0.25, -0.2) is 0 Å². The van der Waals surface area contributed by atoms with Crippen molar-refractivity contribution >= 4 is 5.91 Å². The molecule has 102 valence electrons. The number of hydrogen-bond acceptors (Lipinski definition) is 2. The average molecular weight is 259 g/mol. The highest BCUT2D eigenvalue weighted by Gasteiger charge is 2.37. The molecule has 0 saturated heterocycles. The Labute approximate surface area is 114 Å². The summed E-state index contributed by atoms with van der Waals surface area (Å²) in [5, 5.41) is 10.6. The van der Waals surface area contributed by atoms with Gasteiger partial charge in [0.2, 0.25) is 0 Å². The number of nitrogens with zero attached hydrogens (tertiary/aromatic N) is 1. The minimum atomic E-state index is -0.515. The predicted molar refractivity (Wildman–Crippen MR) is 74.2 cm³/mol. The number of carbonyl (C=O) groups excluding carboxylic acids is 1. The van der Waals surface area contributed by atoms with Crippen LogP contribution in [0.25, 0.3) is 0 Å². The second-order valence-corrected chi connectivity index (χ2v) is 6.11. The summed E-state index contributed by atoms with van der Waals surface area (Å²) in [5.74, 6) is 0.368. The van der Waals surface area contributed by atoms with Crippen molar-refractivity contribution in [3.63, 3.8) is 0 Å². The van der Waals surface area contributed by atoms with Crippen LogP contribution in [0, 0.1) is 0 Å². The summed E-state index contributed by atoms with van der Waals surface area (Å²) >= 11 is 0. The van der Waals surface area contributed by atoms with Gasteiger partial charge in [-0.2, -0.15) is 0 Å². The fourth-order valence-corrected chi connectivity index (χ4v) is 3.64. The molecular formula is C16H21NO2. The average Bonchev–Trinajstić information content (AvgIpc) is 2.82. The summed E-state index contributed by atoms with van der Waals surface area (Å²) in [6.45, 7) is 0.720. The van der Waals surface area contributed by atoms with Gasteiger partial charge in [-0.1, -0.05) is 31.0 Å². The minimum Gasteiger partial charge on any atom is -0.390 e. The third-order valence-corrected chi connectivity index (χ3v) is 4.63. The van der Waals surface area contributed by atoms with Gasteiger partial charge in [0, 0.05) is 25.1 Å². The van der Waals surface area contributed by atoms with E-state index in [-0.39, 0.29) is 11.8 Å². The van der Waals surface area contributed by atoms with Crippen LogP contribution in [0.15, 0.2) is 24.3 Å². The normalized spacial score (nSPS) is 25.5. The third kappa shape index (κ3) is 2.27. The number of carbonyl (C=O) groups is 1. The van der Waals surface area contributed by atoms with E-state index in [0.29, 0.717) is 0 Å². The number of likely N-dealkylation sites (N-methyl/N-ethyl adjacent to an activating group) is 1. The van der Waals surface area contributed by atoms with Gasteiger partial charge in [0.1, 0.15) is 0 Å². The summed E-state index contributed by atoms with van der Waals surface area (Å²) in [6, 6.07) is 7.85. The molecule has 3 nitrogen and oxygen atoms in total.